The van der Waals surface area contributed by atoms with Gasteiger partial charge in [0.25, 0.3) is 5.91 Å². The molecule has 17 heavy (non-hydrogen) atoms. The minimum atomic E-state index is 0.0109. The fourth-order valence-corrected chi connectivity index (χ4v) is 1.57. The average molecular weight is 236 g/mol. The third kappa shape index (κ3) is 4.34. The van der Waals surface area contributed by atoms with E-state index in [4.69, 9.17) is 10.5 Å². The minimum Gasteiger partial charge on any atom is -0.484 e. The van der Waals surface area contributed by atoms with Crippen LogP contribution in [0.15, 0.2) is 24.3 Å². The topological polar surface area (TPSA) is 55.6 Å². The molecule has 1 aromatic carbocycles. The number of hydrogen-bond acceptors (Lipinski definition) is 3. The van der Waals surface area contributed by atoms with Gasteiger partial charge in [-0.2, -0.15) is 0 Å². The molecule has 0 aliphatic rings. The van der Waals surface area contributed by atoms with Crippen molar-refractivity contribution in [1.82, 2.24) is 4.90 Å². The highest BCUT2D eigenvalue weighted by molar-refractivity contribution is 5.77. The van der Waals surface area contributed by atoms with Crippen LogP contribution in [0.3, 0.4) is 0 Å². The van der Waals surface area contributed by atoms with Gasteiger partial charge >= 0.3 is 0 Å². The van der Waals surface area contributed by atoms with Gasteiger partial charge in [-0.05, 0) is 25.5 Å². The number of carbonyl (C=O) groups excluding carboxylic acids is 1. The molecule has 0 saturated heterocycles. The number of carbonyl (C=O) groups is 1. The molecule has 0 unspecified atom stereocenters. The molecule has 0 atom stereocenters. The molecule has 2 N–H and O–H groups in total. The minimum absolute atomic E-state index is 0.0109. The summed E-state index contributed by atoms with van der Waals surface area (Å²) < 4.78 is 5.41. The van der Waals surface area contributed by atoms with E-state index >= 15 is 0 Å². The van der Waals surface area contributed by atoms with Crippen molar-refractivity contribution in [1.29, 1.82) is 0 Å². The molecule has 0 spiro atoms. The summed E-state index contributed by atoms with van der Waals surface area (Å²) in [6.45, 7) is 5.57. The van der Waals surface area contributed by atoms with Crippen LogP contribution in [0.5, 0.6) is 5.75 Å². The fraction of sp³-hybridized carbons (Fsp3) is 0.462. The Morgan fingerprint density at radius 2 is 2.18 bits per heavy atom. The Labute approximate surface area is 102 Å². The maximum atomic E-state index is 11.8. The molecule has 0 bridgehead atoms. The van der Waals surface area contributed by atoms with Crippen molar-refractivity contribution in [2.45, 2.75) is 20.3 Å². The zero-order valence-corrected chi connectivity index (χ0v) is 10.5. The van der Waals surface area contributed by atoms with Crippen LogP contribution < -0.4 is 10.5 Å². The van der Waals surface area contributed by atoms with Crippen LogP contribution in [0.4, 0.5) is 5.69 Å². The van der Waals surface area contributed by atoms with Crippen LogP contribution in [-0.4, -0.2) is 30.5 Å². The van der Waals surface area contributed by atoms with E-state index < -0.39 is 0 Å². The first-order chi connectivity index (χ1) is 8.17. The van der Waals surface area contributed by atoms with Gasteiger partial charge in [-0.3, -0.25) is 4.79 Å². The third-order valence-electron chi connectivity index (χ3n) is 2.45. The Bertz CT molecular complexity index is 366. The molecule has 0 saturated carbocycles. The van der Waals surface area contributed by atoms with Crippen molar-refractivity contribution in [3.8, 4) is 5.75 Å². The third-order valence-corrected chi connectivity index (χ3v) is 2.45. The molecule has 0 aliphatic heterocycles. The van der Waals surface area contributed by atoms with Crippen molar-refractivity contribution >= 4 is 11.6 Å². The molecular formula is C13H20N2O2. The lowest BCUT2D eigenvalue weighted by molar-refractivity contribution is -0.133. The second-order valence-electron chi connectivity index (χ2n) is 3.83. The lowest BCUT2D eigenvalue weighted by Gasteiger charge is -2.20. The van der Waals surface area contributed by atoms with Gasteiger partial charge in [-0.15, -0.1) is 0 Å². The van der Waals surface area contributed by atoms with Gasteiger partial charge < -0.3 is 15.4 Å². The summed E-state index contributed by atoms with van der Waals surface area (Å²) in [5, 5.41) is 0. The lowest BCUT2D eigenvalue weighted by atomic mass is 10.3. The van der Waals surface area contributed by atoms with E-state index in [2.05, 4.69) is 6.92 Å². The normalized spacial score (nSPS) is 10.0. The van der Waals surface area contributed by atoms with Crippen molar-refractivity contribution < 1.29 is 9.53 Å². The molecule has 1 amide bonds. The fourth-order valence-electron chi connectivity index (χ4n) is 1.57. The van der Waals surface area contributed by atoms with Crippen molar-refractivity contribution in [3.05, 3.63) is 24.3 Å². The maximum Gasteiger partial charge on any atom is 0.260 e. The van der Waals surface area contributed by atoms with Crippen molar-refractivity contribution in [2.24, 2.45) is 0 Å². The quantitative estimate of drug-likeness (QED) is 0.767. The highest BCUT2D eigenvalue weighted by atomic mass is 16.5. The number of nitrogens with two attached hydrogens (primary N) is 1. The second-order valence-corrected chi connectivity index (χ2v) is 3.83. The molecule has 1 aromatic rings. The molecule has 4 nitrogen and oxygen atoms in total. The average Bonchev–Trinajstić information content (AvgIpc) is 2.33. The Morgan fingerprint density at radius 3 is 2.76 bits per heavy atom. The zero-order valence-electron chi connectivity index (χ0n) is 10.5. The highest BCUT2D eigenvalue weighted by Crippen LogP contribution is 2.14. The molecule has 1 rings (SSSR count). The first-order valence-electron chi connectivity index (χ1n) is 5.93. The van der Waals surface area contributed by atoms with Crippen LogP contribution >= 0.6 is 0 Å². The first-order valence-corrected chi connectivity index (χ1v) is 5.93. The van der Waals surface area contributed by atoms with Crippen LogP contribution in [0.1, 0.15) is 20.3 Å². The number of benzene rings is 1. The monoisotopic (exact) mass is 236 g/mol. The molecule has 0 aliphatic carbocycles. The Kier molecular flexibility index (Phi) is 5.33. The van der Waals surface area contributed by atoms with Gasteiger partial charge in [0.15, 0.2) is 6.61 Å². The van der Waals surface area contributed by atoms with Gasteiger partial charge in [-0.25, -0.2) is 0 Å². The van der Waals surface area contributed by atoms with Gasteiger partial charge in [0.2, 0.25) is 0 Å². The van der Waals surface area contributed by atoms with Crippen LogP contribution in [0, 0.1) is 0 Å². The van der Waals surface area contributed by atoms with E-state index in [1.165, 1.54) is 0 Å². The Balaban J connectivity index is 2.47. The number of amides is 1. The summed E-state index contributed by atoms with van der Waals surface area (Å²) in [5.41, 5.74) is 6.26. The Hall–Kier alpha value is -1.71. The number of likely N-dealkylation sites (N-methyl/N-ethyl adjacent to an activating group) is 1. The smallest absolute Gasteiger partial charge is 0.260 e. The summed E-state index contributed by atoms with van der Waals surface area (Å²) >= 11 is 0. The van der Waals surface area contributed by atoms with E-state index in [0.29, 0.717) is 18.0 Å². The first kappa shape index (κ1) is 13.4. The van der Waals surface area contributed by atoms with E-state index in [-0.39, 0.29) is 12.5 Å². The van der Waals surface area contributed by atoms with Crippen LogP contribution in [0.25, 0.3) is 0 Å². The van der Waals surface area contributed by atoms with Gasteiger partial charge in [0.05, 0.1) is 0 Å². The number of ether oxygens (including phenoxy) is 1. The summed E-state index contributed by atoms with van der Waals surface area (Å²) in [6.07, 6.45) is 0.956. The predicted octanol–water partition coefficient (Wildman–Crippen LogP) is 1.91. The molecule has 0 aromatic heterocycles. The van der Waals surface area contributed by atoms with Crippen molar-refractivity contribution in [2.75, 3.05) is 25.4 Å². The second kappa shape index (κ2) is 6.78. The SMILES string of the molecule is CCCN(CC)C(=O)COc1cccc(N)c1. The summed E-state index contributed by atoms with van der Waals surface area (Å²) in [5.74, 6) is 0.641. The summed E-state index contributed by atoms with van der Waals surface area (Å²) in [7, 11) is 0. The number of hydrogen-bond donors (Lipinski definition) is 1. The maximum absolute atomic E-state index is 11.8. The van der Waals surface area contributed by atoms with Crippen LogP contribution in [-0.2, 0) is 4.79 Å². The summed E-state index contributed by atoms with van der Waals surface area (Å²) in [4.78, 5) is 13.6. The number of nitrogen functional groups attached to an aromatic ring is 1. The molecule has 94 valence electrons. The van der Waals surface area contributed by atoms with Crippen LogP contribution in [0.2, 0.25) is 0 Å². The molecule has 0 heterocycles. The molecule has 4 heteroatoms. The van der Waals surface area contributed by atoms with Crippen molar-refractivity contribution in [3.63, 3.8) is 0 Å². The molecule has 0 radical (unpaired) electrons. The zero-order chi connectivity index (χ0) is 12.7. The van der Waals surface area contributed by atoms with Gasteiger partial charge in [-0.1, -0.05) is 13.0 Å². The molecule has 0 fully saturated rings. The van der Waals surface area contributed by atoms with E-state index in [0.717, 1.165) is 13.0 Å². The van der Waals surface area contributed by atoms with Gasteiger partial charge in [0, 0.05) is 24.8 Å². The lowest BCUT2D eigenvalue weighted by Crippen LogP contribution is -2.35. The largest absolute Gasteiger partial charge is 0.484 e. The number of anilines is 1. The Morgan fingerprint density at radius 1 is 1.41 bits per heavy atom. The molecular weight excluding hydrogens is 216 g/mol. The highest BCUT2D eigenvalue weighted by Gasteiger charge is 2.10. The van der Waals surface area contributed by atoms with E-state index in [1.54, 1.807) is 29.2 Å². The van der Waals surface area contributed by atoms with Gasteiger partial charge in [0.1, 0.15) is 5.75 Å². The summed E-state index contributed by atoms with van der Waals surface area (Å²) in [6, 6.07) is 7.09. The van der Waals surface area contributed by atoms with E-state index in [1.807, 2.05) is 6.92 Å². The predicted molar refractivity (Wildman–Crippen MR) is 68.9 cm³/mol. The number of nitrogens with zero attached hydrogens (tertiary/aromatic N) is 1. The standard InChI is InChI=1S/C13H20N2O2/c1-3-8-15(4-2)13(16)10-17-12-7-5-6-11(14)9-12/h5-7,9H,3-4,8,10,14H2,1-2H3. The van der Waals surface area contributed by atoms with E-state index in [9.17, 15) is 4.79 Å². The number of rotatable bonds is 6.